The molecule has 1 saturated heterocycles. The van der Waals surface area contributed by atoms with Gasteiger partial charge in [0.2, 0.25) is 5.91 Å². The molecule has 5 rings (SSSR count). The van der Waals surface area contributed by atoms with Crippen LogP contribution in [0.15, 0.2) is 43.2 Å². The van der Waals surface area contributed by atoms with E-state index >= 15 is 0 Å². The van der Waals surface area contributed by atoms with Gasteiger partial charge in [-0.05, 0) is 55.3 Å². The number of anilines is 1. The molecule has 0 radical (unpaired) electrons. The zero-order valence-electron chi connectivity index (χ0n) is 21.0. The second kappa shape index (κ2) is 9.95. The number of amides is 1. The van der Waals surface area contributed by atoms with Crippen LogP contribution >= 0.6 is 11.3 Å². The third-order valence-electron chi connectivity index (χ3n) is 7.09. The molecule has 0 spiro atoms. The fraction of sp³-hybridized carbons (Fsp3) is 0.357. The smallest absolute Gasteiger partial charge is 0.246 e. The van der Waals surface area contributed by atoms with Crippen molar-refractivity contribution < 1.29 is 14.3 Å². The van der Waals surface area contributed by atoms with Crippen molar-refractivity contribution in [3.63, 3.8) is 0 Å². The van der Waals surface area contributed by atoms with Gasteiger partial charge in [0, 0.05) is 60.2 Å². The molecule has 0 unspecified atom stereocenters. The van der Waals surface area contributed by atoms with E-state index in [0.29, 0.717) is 18.8 Å². The molecule has 188 valence electrons. The van der Waals surface area contributed by atoms with Crippen molar-refractivity contribution in [2.24, 2.45) is 0 Å². The van der Waals surface area contributed by atoms with Crippen LogP contribution in [0.5, 0.6) is 5.75 Å². The number of carbonyl (C=O) groups is 1. The van der Waals surface area contributed by atoms with E-state index in [1.807, 2.05) is 11.1 Å². The van der Waals surface area contributed by atoms with Crippen LogP contribution in [-0.4, -0.2) is 47.0 Å². The topological polar surface area (TPSA) is 82.1 Å². The number of nitrogens with two attached hydrogens (primary N) is 1. The predicted octanol–water partition coefficient (Wildman–Crippen LogP) is 5.37. The van der Waals surface area contributed by atoms with Crippen molar-refractivity contribution >= 4 is 38.7 Å². The standard InChI is InChI=1S/C28H32N4O3S/c1-5-24(33)31-10-7-6-8-19(31)15-21-20(16-34-3)25(26-28(29)30-9-11-32(21)26)23-14-18-12-17(2)13-22(35-4)27(18)36-23/h5,9,11-14,19H,1,6-8,10,15-16H2,2-4H3,(H2,29,30)/t19-/m1/s1. The molecule has 36 heavy (non-hydrogen) atoms. The Kier molecular flexibility index (Phi) is 6.73. The molecule has 7 nitrogen and oxygen atoms in total. The molecule has 1 atom stereocenters. The lowest BCUT2D eigenvalue weighted by molar-refractivity contribution is -0.129. The number of rotatable bonds is 7. The Hall–Kier alpha value is -3.36. The highest BCUT2D eigenvalue weighted by Gasteiger charge is 2.30. The molecule has 0 bridgehead atoms. The SMILES string of the molecule is C=CC(=O)N1CCCC[C@@H]1Cc1c(COC)c(-c2cc3cc(C)cc(OC)c3s2)c2c(N)nccn12. The number of fused-ring (bicyclic) bond motifs is 2. The molecule has 1 amide bonds. The van der Waals surface area contributed by atoms with Crippen molar-refractivity contribution in [1.82, 2.24) is 14.3 Å². The van der Waals surface area contributed by atoms with Crippen molar-refractivity contribution in [2.75, 3.05) is 26.5 Å². The first kappa shape index (κ1) is 24.3. The summed E-state index contributed by atoms with van der Waals surface area (Å²) in [7, 11) is 3.42. The third kappa shape index (κ3) is 4.14. The number of aryl methyl sites for hydroxylation is 1. The second-order valence-electron chi connectivity index (χ2n) is 9.35. The first-order valence-corrected chi connectivity index (χ1v) is 13.0. The van der Waals surface area contributed by atoms with E-state index in [-0.39, 0.29) is 11.9 Å². The quantitative estimate of drug-likeness (QED) is 0.342. The Morgan fingerprint density at radius 1 is 1.31 bits per heavy atom. The van der Waals surface area contributed by atoms with E-state index in [1.54, 1.807) is 31.8 Å². The van der Waals surface area contributed by atoms with Crippen LogP contribution in [0.1, 0.15) is 36.1 Å². The van der Waals surface area contributed by atoms with Gasteiger partial charge in [0.1, 0.15) is 11.6 Å². The number of hydrogen-bond donors (Lipinski definition) is 1. The van der Waals surface area contributed by atoms with Gasteiger partial charge in [0.05, 0.1) is 23.9 Å². The first-order chi connectivity index (χ1) is 17.5. The minimum atomic E-state index is -0.0118. The lowest BCUT2D eigenvalue weighted by Crippen LogP contribution is -2.44. The molecule has 4 heterocycles. The molecule has 8 heteroatoms. The number of hydrogen-bond acceptors (Lipinski definition) is 6. The Morgan fingerprint density at radius 2 is 2.14 bits per heavy atom. The summed E-state index contributed by atoms with van der Waals surface area (Å²) in [5, 5.41) is 1.13. The predicted molar refractivity (Wildman–Crippen MR) is 146 cm³/mol. The molecule has 2 N–H and O–H groups in total. The molecule has 1 aliphatic rings. The maximum atomic E-state index is 12.6. The first-order valence-electron chi connectivity index (χ1n) is 12.2. The molecule has 4 aromatic rings. The van der Waals surface area contributed by atoms with E-state index < -0.39 is 0 Å². The van der Waals surface area contributed by atoms with Gasteiger partial charge < -0.3 is 24.5 Å². The average Bonchev–Trinajstić information content (AvgIpc) is 3.43. The number of carbonyl (C=O) groups excluding carboxylic acids is 1. The summed E-state index contributed by atoms with van der Waals surface area (Å²) in [6, 6.07) is 6.53. The van der Waals surface area contributed by atoms with Gasteiger partial charge in [-0.15, -0.1) is 11.3 Å². The Morgan fingerprint density at radius 3 is 2.89 bits per heavy atom. The van der Waals surface area contributed by atoms with E-state index in [4.69, 9.17) is 15.2 Å². The van der Waals surface area contributed by atoms with Crippen LogP contribution < -0.4 is 10.5 Å². The van der Waals surface area contributed by atoms with Gasteiger partial charge >= 0.3 is 0 Å². The monoisotopic (exact) mass is 504 g/mol. The van der Waals surface area contributed by atoms with Crippen LogP contribution in [0.2, 0.25) is 0 Å². The Labute approximate surface area is 215 Å². The van der Waals surface area contributed by atoms with Crippen LogP contribution in [0.25, 0.3) is 26.0 Å². The fourth-order valence-electron chi connectivity index (χ4n) is 5.51. The highest BCUT2D eigenvalue weighted by atomic mass is 32.1. The van der Waals surface area contributed by atoms with Crippen molar-refractivity contribution in [1.29, 1.82) is 0 Å². The zero-order chi connectivity index (χ0) is 25.4. The Balaban J connectivity index is 1.72. The van der Waals surface area contributed by atoms with E-state index in [2.05, 4.69) is 41.1 Å². The summed E-state index contributed by atoms with van der Waals surface area (Å²) in [6.07, 6.45) is 8.89. The molecule has 0 saturated carbocycles. The number of aromatic nitrogens is 2. The lowest BCUT2D eigenvalue weighted by Gasteiger charge is -2.35. The maximum absolute atomic E-state index is 12.6. The molecular formula is C28H32N4O3S. The molecule has 1 aromatic carbocycles. The number of nitrogen functional groups attached to an aromatic ring is 1. The summed E-state index contributed by atoms with van der Waals surface area (Å²) in [5.41, 5.74) is 11.7. The number of likely N-dealkylation sites (tertiary alicyclic amines) is 1. The minimum Gasteiger partial charge on any atom is -0.495 e. The number of ether oxygens (including phenoxy) is 2. The van der Waals surface area contributed by atoms with Gasteiger partial charge in [0.15, 0.2) is 0 Å². The second-order valence-corrected chi connectivity index (χ2v) is 10.4. The maximum Gasteiger partial charge on any atom is 0.246 e. The fourth-order valence-corrected chi connectivity index (χ4v) is 6.72. The summed E-state index contributed by atoms with van der Waals surface area (Å²) in [5.74, 6) is 1.33. The van der Waals surface area contributed by atoms with Gasteiger partial charge in [-0.1, -0.05) is 12.6 Å². The number of piperidine rings is 1. The van der Waals surface area contributed by atoms with Gasteiger partial charge in [0.25, 0.3) is 0 Å². The third-order valence-corrected chi connectivity index (χ3v) is 8.27. The van der Waals surface area contributed by atoms with Crippen LogP contribution in [-0.2, 0) is 22.6 Å². The van der Waals surface area contributed by atoms with Gasteiger partial charge in [-0.2, -0.15) is 0 Å². The number of nitrogens with zero attached hydrogens (tertiary/aromatic N) is 3. The van der Waals surface area contributed by atoms with Crippen LogP contribution in [0, 0.1) is 6.92 Å². The minimum absolute atomic E-state index is 0.0118. The normalized spacial score (nSPS) is 16.1. The molecule has 3 aromatic heterocycles. The summed E-state index contributed by atoms with van der Waals surface area (Å²) >= 11 is 1.69. The van der Waals surface area contributed by atoms with Crippen LogP contribution in [0.3, 0.4) is 0 Å². The average molecular weight is 505 g/mol. The number of benzene rings is 1. The summed E-state index contributed by atoms with van der Waals surface area (Å²) in [4.78, 5) is 20.1. The number of thiophene rings is 1. The van der Waals surface area contributed by atoms with Gasteiger partial charge in [-0.25, -0.2) is 4.98 Å². The largest absolute Gasteiger partial charge is 0.495 e. The van der Waals surface area contributed by atoms with E-state index in [0.717, 1.165) is 74.4 Å². The lowest BCUT2D eigenvalue weighted by atomic mass is 9.95. The van der Waals surface area contributed by atoms with Crippen molar-refractivity contribution in [2.45, 2.75) is 45.3 Å². The van der Waals surface area contributed by atoms with Crippen molar-refractivity contribution in [3.8, 4) is 16.2 Å². The molecule has 0 aliphatic carbocycles. The highest BCUT2D eigenvalue weighted by Crippen LogP contribution is 2.45. The Bertz CT molecular complexity index is 1450. The summed E-state index contributed by atoms with van der Waals surface area (Å²) in [6.45, 7) is 6.98. The highest BCUT2D eigenvalue weighted by molar-refractivity contribution is 7.22. The number of methoxy groups -OCH3 is 2. The molecule has 1 aliphatic heterocycles. The molecule has 1 fully saturated rings. The molecular weight excluding hydrogens is 472 g/mol. The van der Waals surface area contributed by atoms with E-state index in [1.165, 1.54) is 6.08 Å². The summed E-state index contributed by atoms with van der Waals surface area (Å²) < 4.78 is 14.7. The van der Waals surface area contributed by atoms with Gasteiger partial charge in [-0.3, -0.25) is 4.79 Å². The zero-order valence-corrected chi connectivity index (χ0v) is 21.9. The van der Waals surface area contributed by atoms with E-state index in [9.17, 15) is 4.79 Å². The van der Waals surface area contributed by atoms with Crippen molar-refractivity contribution in [3.05, 3.63) is 60.1 Å². The van der Waals surface area contributed by atoms with Crippen LogP contribution in [0.4, 0.5) is 5.82 Å².